The van der Waals surface area contributed by atoms with E-state index in [1.54, 1.807) is 17.5 Å². The van der Waals surface area contributed by atoms with Gasteiger partial charge in [0, 0.05) is 19.3 Å². The molecule has 1 aliphatic rings. The highest BCUT2D eigenvalue weighted by Gasteiger charge is 2.21. The Balaban J connectivity index is 1.71. The van der Waals surface area contributed by atoms with Crippen LogP contribution in [0, 0.1) is 6.92 Å². The Hall–Kier alpha value is -2.47. The van der Waals surface area contributed by atoms with E-state index in [4.69, 9.17) is 9.97 Å². The molecule has 134 valence electrons. The number of aromatic nitrogens is 3. The number of aryl methyl sites for hydroxylation is 1. The van der Waals surface area contributed by atoms with Gasteiger partial charge in [-0.25, -0.2) is 9.97 Å². The summed E-state index contributed by atoms with van der Waals surface area (Å²) in [4.78, 5) is 16.4. The summed E-state index contributed by atoms with van der Waals surface area (Å²) in [6.45, 7) is 10.6. The van der Waals surface area contributed by atoms with Gasteiger partial charge in [-0.1, -0.05) is 12.6 Å². The molecule has 0 amide bonds. The van der Waals surface area contributed by atoms with Gasteiger partial charge in [0.05, 0.1) is 27.6 Å². The summed E-state index contributed by atoms with van der Waals surface area (Å²) < 4.78 is 1.12. The minimum atomic E-state index is 0.0282. The fraction of sp³-hybridized carbons (Fsp3) is 0.350. The quantitative estimate of drug-likeness (QED) is 0.714. The average molecular weight is 366 g/mol. The van der Waals surface area contributed by atoms with Crippen LogP contribution >= 0.6 is 11.3 Å². The molecule has 5 nitrogen and oxygen atoms in total. The first-order valence-corrected chi connectivity index (χ1v) is 9.89. The molecule has 0 aliphatic carbocycles. The molecule has 1 fully saturated rings. The molecule has 3 aromatic rings. The second kappa shape index (κ2) is 7.03. The number of thiophene rings is 1. The third-order valence-electron chi connectivity index (χ3n) is 4.83. The molecular formula is C20H23N5S. The van der Waals surface area contributed by atoms with Gasteiger partial charge in [-0.3, -0.25) is 4.98 Å². The Morgan fingerprint density at radius 3 is 2.81 bits per heavy atom. The van der Waals surface area contributed by atoms with Crippen molar-refractivity contribution in [3.8, 4) is 0 Å². The number of likely N-dealkylation sites (tertiary alicyclic amines) is 1. The third kappa shape index (κ3) is 3.17. The lowest BCUT2D eigenvalue weighted by molar-refractivity contribution is 0.493. The second-order valence-corrected chi connectivity index (χ2v) is 7.63. The number of hydrogen-bond acceptors (Lipinski definition) is 6. The lowest BCUT2D eigenvalue weighted by Gasteiger charge is -2.21. The predicted octanol–water partition coefficient (Wildman–Crippen LogP) is 4.63. The van der Waals surface area contributed by atoms with E-state index < -0.39 is 0 Å². The highest BCUT2D eigenvalue weighted by Crippen LogP contribution is 2.33. The van der Waals surface area contributed by atoms with Crippen LogP contribution in [0.2, 0.25) is 0 Å². The number of nitrogens with zero attached hydrogens (tertiary/aromatic N) is 4. The first-order chi connectivity index (χ1) is 12.6. The Labute approximate surface area is 157 Å². The lowest BCUT2D eigenvalue weighted by atomic mass is 10.2. The number of fused-ring (bicyclic) bond motifs is 1. The van der Waals surface area contributed by atoms with Crippen molar-refractivity contribution in [1.82, 2.24) is 19.9 Å². The molecule has 0 spiro atoms. The number of pyridine rings is 1. The minimum Gasteiger partial charge on any atom is -0.370 e. The Kier molecular flexibility index (Phi) is 4.59. The number of hydrogen-bond donors (Lipinski definition) is 1. The largest absolute Gasteiger partial charge is 0.370 e. The van der Waals surface area contributed by atoms with Crippen molar-refractivity contribution in [2.75, 3.05) is 18.4 Å². The Bertz CT molecular complexity index is 928. The summed E-state index contributed by atoms with van der Waals surface area (Å²) in [5.41, 5.74) is 5.11. The van der Waals surface area contributed by atoms with Crippen LogP contribution in [0.1, 0.15) is 42.8 Å². The predicted molar refractivity (Wildman–Crippen MR) is 108 cm³/mol. The van der Waals surface area contributed by atoms with Gasteiger partial charge in [-0.2, -0.15) is 0 Å². The molecule has 0 aromatic carbocycles. The molecule has 0 radical (unpaired) electrons. The second-order valence-electron chi connectivity index (χ2n) is 6.75. The zero-order valence-electron chi connectivity index (χ0n) is 15.2. The monoisotopic (exact) mass is 365 g/mol. The molecule has 1 N–H and O–H groups in total. The number of rotatable bonds is 5. The first-order valence-electron chi connectivity index (χ1n) is 9.01. The van der Waals surface area contributed by atoms with Crippen molar-refractivity contribution in [2.45, 2.75) is 32.7 Å². The Morgan fingerprint density at radius 1 is 1.27 bits per heavy atom. The molecular weight excluding hydrogens is 342 g/mol. The highest BCUT2D eigenvalue weighted by molar-refractivity contribution is 7.17. The number of anilines is 1. The summed E-state index contributed by atoms with van der Waals surface area (Å²) >= 11 is 1.70. The van der Waals surface area contributed by atoms with Crippen LogP contribution in [0.15, 0.2) is 36.4 Å². The fourth-order valence-electron chi connectivity index (χ4n) is 3.33. The summed E-state index contributed by atoms with van der Waals surface area (Å²) in [5, 5.41) is 5.56. The average Bonchev–Trinajstić information content (AvgIpc) is 3.32. The molecule has 4 heterocycles. The van der Waals surface area contributed by atoms with Crippen molar-refractivity contribution in [3.63, 3.8) is 0 Å². The SMILES string of the molecule is C=C(c1nc(NC(C)c2ccccn2)nc2c(C)csc12)N1CCCC1. The Morgan fingerprint density at radius 2 is 2.08 bits per heavy atom. The fourth-order valence-corrected chi connectivity index (χ4v) is 4.33. The van der Waals surface area contributed by atoms with E-state index in [-0.39, 0.29) is 6.04 Å². The van der Waals surface area contributed by atoms with E-state index >= 15 is 0 Å². The first kappa shape index (κ1) is 17.0. The molecule has 3 aromatic heterocycles. The summed E-state index contributed by atoms with van der Waals surface area (Å²) in [6.07, 6.45) is 4.25. The van der Waals surface area contributed by atoms with Crippen molar-refractivity contribution in [1.29, 1.82) is 0 Å². The third-order valence-corrected chi connectivity index (χ3v) is 5.92. The summed E-state index contributed by atoms with van der Waals surface area (Å²) in [5.74, 6) is 0.632. The van der Waals surface area contributed by atoms with E-state index in [0.717, 1.165) is 40.4 Å². The van der Waals surface area contributed by atoms with Gasteiger partial charge in [0.15, 0.2) is 0 Å². The maximum atomic E-state index is 4.84. The van der Waals surface area contributed by atoms with Crippen LogP contribution in [0.4, 0.5) is 5.95 Å². The van der Waals surface area contributed by atoms with E-state index in [1.807, 2.05) is 18.2 Å². The van der Waals surface area contributed by atoms with Crippen molar-refractivity contribution >= 4 is 33.2 Å². The van der Waals surface area contributed by atoms with Crippen molar-refractivity contribution in [3.05, 3.63) is 53.3 Å². The zero-order valence-corrected chi connectivity index (χ0v) is 16.0. The van der Waals surface area contributed by atoms with Gasteiger partial charge in [0.1, 0.15) is 5.69 Å². The lowest BCUT2D eigenvalue weighted by Crippen LogP contribution is -2.18. The van der Waals surface area contributed by atoms with E-state index in [9.17, 15) is 0 Å². The normalized spacial score (nSPS) is 15.4. The van der Waals surface area contributed by atoms with Crippen molar-refractivity contribution < 1.29 is 0 Å². The van der Waals surface area contributed by atoms with Gasteiger partial charge in [-0.15, -0.1) is 11.3 Å². The van der Waals surface area contributed by atoms with Gasteiger partial charge in [0.25, 0.3) is 0 Å². The van der Waals surface area contributed by atoms with E-state index in [2.05, 4.69) is 41.0 Å². The van der Waals surface area contributed by atoms with Crippen molar-refractivity contribution in [2.24, 2.45) is 0 Å². The van der Waals surface area contributed by atoms with Crippen LogP contribution in [0.3, 0.4) is 0 Å². The maximum absolute atomic E-state index is 4.84. The van der Waals surface area contributed by atoms with Crippen LogP contribution < -0.4 is 5.32 Å². The molecule has 0 bridgehead atoms. The van der Waals surface area contributed by atoms with Crippen LogP contribution in [0.5, 0.6) is 0 Å². The molecule has 4 rings (SSSR count). The molecule has 6 heteroatoms. The maximum Gasteiger partial charge on any atom is 0.224 e. The standard InChI is InChI=1S/C20H23N5S/c1-13-12-26-19-17(13)23-20(22-14(2)16-8-4-5-9-21-16)24-18(19)15(3)25-10-6-7-11-25/h4-5,8-9,12,14H,3,6-7,10-11H2,1-2H3,(H,22,23,24). The topological polar surface area (TPSA) is 53.9 Å². The molecule has 1 aliphatic heterocycles. The van der Waals surface area contributed by atoms with Crippen LogP contribution in [0.25, 0.3) is 15.9 Å². The molecule has 1 atom stereocenters. The molecule has 0 saturated carbocycles. The van der Waals surface area contributed by atoms with Gasteiger partial charge in [-0.05, 0) is 49.8 Å². The van der Waals surface area contributed by atoms with E-state index in [0.29, 0.717) is 5.95 Å². The molecule has 1 saturated heterocycles. The zero-order chi connectivity index (χ0) is 18.1. The van der Waals surface area contributed by atoms with Crippen LogP contribution in [-0.2, 0) is 0 Å². The summed E-state index contributed by atoms with van der Waals surface area (Å²) in [7, 11) is 0. The molecule has 1 unspecified atom stereocenters. The highest BCUT2D eigenvalue weighted by atomic mass is 32.1. The minimum absolute atomic E-state index is 0.0282. The van der Waals surface area contributed by atoms with E-state index in [1.165, 1.54) is 18.4 Å². The van der Waals surface area contributed by atoms with Gasteiger partial charge in [0.2, 0.25) is 5.95 Å². The van der Waals surface area contributed by atoms with Gasteiger partial charge >= 0.3 is 0 Å². The number of nitrogens with one attached hydrogen (secondary N) is 1. The van der Waals surface area contributed by atoms with Gasteiger partial charge < -0.3 is 10.2 Å². The smallest absolute Gasteiger partial charge is 0.224 e. The molecule has 26 heavy (non-hydrogen) atoms. The summed E-state index contributed by atoms with van der Waals surface area (Å²) in [6, 6.07) is 5.95. The van der Waals surface area contributed by atoms with Crippen LogP contribution in [-0.4, -0.2) is 32.9 Å².